The standard InChI is InChI=1S/C17H27NO6S/c1-16(2,3)23-15(20)18(24-25(4,21)22)14(19)17-8-11-5-12(9-17)7-13(6-11)10-17/h11-13H,5-10H2,1-4H3. The van der Waals surface area contributed by atoms with Crippen LogP contribution in [0.5, 0.6) is 0 Å². The maximum absolute atomic E-state index is 13.2. The average molecular weight is 373 g/mol. The van der Waals surface area contributed by atoms with Gasteiger partial charge in [-0.05, 0) is 77.0 Å². The van der Waals surface area contributed by atoms with E-state index in [0.717, 1.165) is 25.5 Å². The fraction of sp³-hybridized carbons (Fsp3) is 0.882. The van der Waals surface area contributed by atoms with Gasteiger partial charge in [-0.1, -0.05) is 5.06 Å². The molecule has 0 N–H and O–H groups in total. The number of amides is 2. The quantitative estimate of drug-likeness (QED) is 0.707. The Balaban J connectivity index is 1.87. The minimum atomic E-state index is -4.04. The molecule has 0 saturated heterocycles. The molecule has 0 heterocycles. The number of hydrogen-bond acceptors (Lipinski definition) is 6. The number of carbonyl (C=O) groups excluding carboxylic acids is 2. The lowest BCUT2D eigenvalue weighted by molar-refractivity contribution is -0.178. The van der Waals surface area contributed by atoms with Gasteiger partial charge in [0.15, 0.2) is 0 Å². The third-order valence-corrected chi connectivity index (χ3v) is 5.87. The zero-order chi connectivity index (χ0) is 18.6. The largest absolute Gasteiger partial charge is 0.443 e. The van der Waals surface area contributed by atoms with Crippen LogP contribution in [0.3, 0.4) is 0 Å². The molecule has 4 aliphatic carbocycles. The van der Waals surface area contributed by atoms with Crippen molar-refractivity contribution in [1.29, 1.82) is 0 Å². The van der Waals surface area contributed by atoms with Crippen molar-refractivity contribution in [1.82, 2.24) is 5.06 Å². The van der Waals surface area contributed by atoms with E-state index in [4.69, 9.17) is 9.02 Å². The first-order chi connectivity index (χ1) is 11.4. The molecule has 0 spiro atoms. The second-order valence-corrected chi connectivity index (χ2v) is 10.6. The summed E-state index contributed by atoms with van der Waals surface area (Å²) >= 11 is 0. The zero-order valence-electron chi connectivity index (χ0n) is 15.3. The Bertz CT molecular complexity index is 642. The number of nitrogens with zero attached hydrogens (tertiary/aromatic N) is 1. The molecule has 2 amide bonds. The number of carbonyl (C=O) groups is 2. The topological polar surface area (TPSA) is 90.0 Å². The summed E-state index contributed by atoms with van der Waals surface area (Å²) in [6, 6.07) is 0. The van der Waals surface area contributed by atoms with Gasteiger partial charge in [0.2, 0.25) is 0 Å². The molecule has 0 radical (unpaired) electrons. The monoisotopic (exact) mass is 373 g/mol. The summed E-state index contributed by atoms with van der Waals surface area (Å²) in [6.45, 7) is 4.95. The molecule has 7 nitrogen and oxygen atoms in total. The van der Waals surface area contributed by atoms with E-state index < -0.39 is 33.1 Å². The van der Waals surface area contributed by atoms with E-state index in [2.05, 4.69) is 0 Å². The first-order valence-electron chi connectivity index (χ1n) is 8.84. The van der Waals surface area contributed by atoms with Crippen LogP contribution in [0.25, 0.3) is 0 Å². The number of hydrogen-bond donors (Lipinski definition) is 0. The van der Waals surface area contributed by atoms with E-state index >= 15 is 0 Å². The van der Waals surface area contributed by atoms with Gasteiger partial charge in [0.05, 0.1) is 11.7 Å². The van der Waals surface area contributed by atoms with Crippen LogP contribution < -0.4 is 0 Å². The highest BCUT2D eigenvalue weighted by Gasteiger charge is 2.57. The Morgan fingerprint density at radius 1 is 1.00 bits per heavy atom. The Morgan fingerprint density at radius 3 is 1.80 bits per heavy atom. The predicted octanol–water partition coefficient (Wildman–Crippen LogP) is 2.86. The molecule has 4 rings (SSSR count). The summed E-state index contributed by atoms with van der Waals surface area (Å²) in [7, 11) is -4.04. The minimum Gasteiger partial charge on any atom is -0.442 e. The van der Waals surface area contributed by atoms with Gasteiger partial charge in [-0.25, -0.2) is 4.79 Å². The summed E-state index contributed by atoms with van der Waals surface area (Å²) < 4.78 is 33.2. The Kier molecular flexibility index (Phi) is 4.43. The molecule has 142 valence electrons. The highest BCUT2D eigenvalue weighted by Crippen LogP contribution is 2.60. The summed E-state index contributed by atoms with van der Waals surface area (Å²) in [5.74, 6) is 0.878. The van der Waals surface area contributed by atoms with Crippen LogP contribution in [-0.2, 0) is 23.9 Å². The Hall–Kier alpha value is -1.15. The second kappa shape index (κ2) is 5.94. The van der Waals surface area contributed by atoms with Crippen molar-refractivity contribution in [3.05, 3.63) is 0 Å². The fourth-order valence-corrected chi connectivity index (χ4v) is 5.57. The van der Waals surface area contributed by atoms with Gasteiger partial charge in [0, 0.05) is 0 Å². The van der Waals surface area contributed by atoms with Gasteiger partial charge < -0.3 is 4.74 Å². The van der Waals surface area contributed by atoms with Crippen LogP contribution in [0.15, 0.2) is 0 Å². The number of hydroxylamine groups is 2. The van der Waals surface area contributed by atoms with E-state index in [1.54, 1.807) is 20.8 Å². The van der Waals surface area contributed by atoms with Gasteiger partial charge in [-0.15, -0.1) is 4.28 Å². The second-order valence-electron chi connectivity index (χ2n) is 9.06. The Morgan fingerprint density at radius 2 is 1.44 bits per heavy atom. The molecule has 4 fully saturated rings. The van der Waals surface area contributed by atoms with Crippen molar-refractivity contribution in [3.8, 4) is 0 Å². The zero-order valence-corrected chi connectivity index (χ0v) is 16.1. The fourth-order valence-electron chi connectivity index (χ4n) is 5.17. The molecule has 0 unspecified atom stereocenters. The lowest BCUT2D eigenvalue weighted by Crippen LogP contribution is -2.56. The van der Waals surface area contributed by atoms with Gasteiger partial charge in [0.1, 0.15) is 5.60 Å². The number of imide groups is 1. The van der Waals surface area contributed by atoms with Crippen molar-refractivity contribution < 1.29 is 27.0 Å². The SMILES string of the molecule is CC(C)(C)OC(=O)N(OS(C)(=O)=O)C(=O)C12CC3CC(CC(C3)C1)C2. The Labute approximate surface area is 149 Å². The van der Waals surface area contributed by atoms with Crippen molar-refractivity contribution in [2.75, 3.05) is 6.26 Å². The summed E-state index contributed by atoms with van der Waals surface area (Å²) in [5.41, 5.74) is -1.56. The van der Waals surface area contributed by atoms with Crippen LogP contribution in [0.2, 0.25) is 0 Å². The number of rotatable bonds is 3. The summed E-state index contributed by atoms with van der Waals surface area (Å²) in [6.07, 6.45) is 5.23. The van der Waals surface area contributed by atoms with E-state index in [1.807, 2.05) is 0 Å². The lowest BCUT2D eigenvalue weighted by atomic mass is 9.49. The van der Waals surface area contributed by atoms with Gasteiger partial charge in [-0.2, -0.15) is 8.42 Å². The van der Waals surface area contributed by atoms with Crippen LogP contribution in [0.4, 0.5) is 4.79 Å². The van der Waals surface area contributed by atoms with Crippen molar-refractivity contribution in [3.63, 3.8) is 0 Å². The molecule has 0 aliphatic heterocycles. The molecule has 25 heavy (non-hydrogen) atoms. The number of ether oxygens (including phenoxy) is 1. The van der Waals surface area contributed by atoms with E-state index in [1.165, 1.54) is 0 Å². The minimum absolute atomic E-state index is 0.355. The van der Waals surface area contributed by atoms with E-state index in [9.17, 15) is 18.0 Å². The molecular weight excluding hydrogens is 346 g/mol. The molecule has 4 saturated carbocycles. The molecule has 0 aromatic rings. The highest BCUT2D eigenvalue weighted by molar-refractivity contribution is 7.85. The maximum atomic E-state index is 13.2. The van der Waals surface area contributed by atoms with Gasteiger partial charge in [0.25, 0.3) is 16.0 Å². The first-order valence-corrected chi connectivity index (χ1v) is 10.7. The van der Waals surface area contributed by atoms with E-state index in [0.29, 0.717) is 42.1 Å². The smallest absolute Gasteiger partial charge is 0.442 e. The van der Waals surface area contributed by atoms with Gasteiger partial charge in [-0.3, -0.25) is 4.79 Å². The third-order valence-electron chi connectivity index (χ3n) is 5.45. The molecule has 4 bridgehead atoms. The predicted molar refractivity (Wildman–Crippen MR) is 89.6 cm³/mol. The molecule has 0 aromatic carbocycles. The van der Waals surface area contributed by atoms with Crippen molar-refractivity contribution in [2.24, 2.45) is 23.2 Å². The highest BCUT2D eigenvalue weighted by atomic mass is 32.2. The van der Waals surface area contributed by atoms with Crippen LogP contribution in [0, 0.1) is 23.2 Å². The molecular formula is C17H27NO6S. The average Bonchev–Trinajstić information content (AvgIpc) is 2.39. The van der Waals surface area contributed by atoms with E-state index in [-0.39, 0.29) is 0 Å². The summed E-state index contributed by atoms with van der Waals surface area (Å²) in [4.78, 5) is 25.7. The third kappa shape index (κ3) is 4.00. The molecule has 0 aromatic heterocycles. The molecule has 0 atom stereocenters. The lowest BCUT2D eigenvalue weighted by Gasteiger charge is -2.55. The van der Waals surface area contributed by atoms with Crippen LogP contribution in [-0.4, -0.2) is 37.3 Å². The first kappa shape index (κ1) is 18.6. The van der Waals surface area contributed by atoms with Crippen molar-refractivity contribution >= 4 is 22.1 Å². The molecule has 8 heteroatoms. The molecule has 4 aliphatic rings. The maximum Gasteiger partial charge on any atom is 0.443 e. The van der Waals surface area contributed by atoms with Crippen molar-refractivity contribution in [2.45, 2.75) is 64.9 Å². The van der Waals surface area contributed by atoms with Gasteiger partial charge >= 0.3 is 6.09 Å². The normalized spacial score (nSPS) is 34.0. The van der Waals surface area contributed by atoms with Crippen LogP contribution in [0.1, 0.15) is 59.3 Å². The van der Waals surface area contributed by atoms with Crippen LogP contribution >= 0.6 is 0 Å². The summed E-state index contributed by atoms with van der Waals surface area (Å²) in [5, 5.41) is 0.355.